The Morgan fingerprint density at radius 2 is 1.65 bits per heavy atom. The average Bonchev–Trinajstić information content (AvgIpc) is 2.34. The summed E-state index contributed by atoms with van der Waals surface area (Å²) >= 11 is 0. The molecule has 1 saturated carbocycles. The molecule has 20 heavy (non-hydrogen) atoms. The zero-order chi connectivity index (χ0) is 14.9. The fourth-order valence-corrected chi connectivity index (χ4v) is 3.57. The highest BCUT2D eigenvalue weighted by Crippen LogP contribution is 2.41. The average molecular weight is 281 g/mol. The van der Waals surface area contributed by atoms with E-state index in [1.165, 1.54) is 0 Å². The van der Waals surface area contributed by atoms with Crippen molar-refractivity contribution in [3.05, 3.63) is 0 Å². The summed E-state index contributed by atoms with van der Waals surface area (Å²) in [5.41, 5.74) is 0. The van der Waals surface area contributed by atoms with Crippen LogP contribution in [0.1, 0.15) is 46.0 Å². The van der Waals surface area contributed by atoms with E-state index in [0.717, 1.165) is 0 Å². The van der Waals surface area contributed by atoms with Crippen LogP contribution >= 0.6 is 0 Å². The molecule has 0 bridgehead atoms. The first-order valence-electron chi connectivity index (χ1n) is 7.42. The fourth-order valence-electron chi connectivity index (χ4n) is 3.57. The van der Waals surface area contributed by atoms with E-state index in [4.69, 9.17) is 0 Å². The maximum atomic E-state index is 12.2. The van der Waals surface area contributed by atoms with E-state index in [-0.39, 0.29) is 30.5 Å². The van der Waals surface area contributed by atoms with Gasteiger partial charge in [-0.1, -0.05) is 13.8 Å². The van der Waals surface area contributed by atoms with Gasteiger partial charge in [0, 0.05) is 18.8 Å². The minimum Gasteiger partial charge on any atom is -0.393 e. The third-order valence-corrected chi connectivity index (χ3v) is 4.96. The number of ketones is 1. The minimum absolute atomic E-state index is 0.0407. The quantitative estimate of drug-likeness (QED) is 0.650. The molecular weight excluding hydrogens is 258 g/mol. The molecule has 5 nitrogen and oxygen atoms in total. The molecule has 1 aliphatic heterocycles. The van der Waals surface area contributed by atoms with Crippen LogP contribution in [0.25, 0.3) is 0 Å². The second kappa shape index (κ2) is 6.04. The summed E-state index contributed by atoms with van der Waals surface area (Å²) in [6, 6.07) is 0. The lowest BCUT2D eigenvalue weighted by molar-refractivity contribution is -0.139. The smallest absolute Gasteiger partial charge is 0.229 e. The van der Waals surface area contributed by atoms with Crippen molar-refractivity contribution in [3.63, 3.8) is 0 Å². The minimum atomic E-state index is -0.735. The van der Waals surface area contributed by atoms with Gasteiger partial charge in [-0.3, -0.25) is 19.7 Å². The van der Waals surface area contributed by atoms with Gasteiger partial charge in [0.2, 0.25) is 11.8 Å². The molecule has 2 amide bonds. The highest BCUT2D eigenvalue weighted by Gasteiger charge is 2.41. The summed E-state index contributed by atoms with van der Waals surface area (Å²) in [5.74, 6) is -0.237. The Balaban J connectivity index is 2.21. The van der Waals surface area contributed by atoms with Crippen LogP contribution in [-0.2, 0) is 14.4 Å². The van der Waals surface area contributed by atoms with Crippen LogP contribution in [0.3, 0.4) is 0 Å². The lowest BCUT2D eigenvalue weighted by Crippen LogP contribution is -2.44. The van der Waals surface area contributed by atoms with Crippen LogP contribution in [0.4, 0.5) is 0 Å². The molecule has 0 aromatic carbocycles. The van der Waals surface area contributed by atoms with Crippen LogP contribution in [0.15, 0.2) is 0 Å². The van der Waals surface area contributed by atoms with E-state index in [1.807, 2.05) is 0 Å². The summed E-state index contributed by atoms with van der Waals surface area (Å²) in [4.78, 5) is 35.6. The Morgan fingerprint density at radius 1 is 1.00 bits per heavy atom. The van der Waals surface area contributed by atoms with E-state index in [9.17, 15) is 19.5 Å². The van der Waals surface area contributed by atoms with Gasteiger partial charge < -0.3 is 5.11 Å². The number of nitrogens with one attached hydrogen (secondary N) is 1. The third kappa shape index (κ3) is 3.26. The number of carbonyl (C=O) groups excluding carboxylic acids is 3. The van der Waals surface area contributed by atoms with Gasteiger partial charge in [0.05, 0.1) is 12.5 Å². The largest absolute Gasteiger partial charge is 0.393 e. The molecule has 5 unspecified atom stereocenters. The number of Topliss-reactive ketones (excluding diaryl/α,β-unsaturated/α-hetero) is 1. The molecule has 2 rings (SSSR count). The van der Waals surface area contributed by atoms with Crippen molar-refractivity contribution >= 4 is 17.6 Å². The van der Waals surface area contributed by atoms with Crippen LogP contribution in [0.5, 0.6) is 0 Å². The van der Waals surface area contributed by atoms with E-state index < -0.39 is 17.9 Å². The van der Waals surface area contributed by atoms with Gasteiger partial charge in [-0.05, 0) is 30.6 Å². The van der Waals surface area contributed by atoms with Crippen LogP contribution in [0, 0.1) is 23.7 Å². The van der Waals surface area contributed by atoms with Crippen molar-refractivity contribution in [1.82, 2.24) is 5.32 Å². The SMILES string of the molecule is CC1CC(=O)C2CC(=O)NC(=O)CC(O)CCC2C1C. The number of aliphatic hydroxyl groups excluding tert-OH is 1. The fraction of sp³-hybridized carbons (Fsp3) is 0.800. The second-order valence-corrected chi connectivity index (χ2v) is 6.39. The molecule has 0 radical (unpaired) electrons. The van der Waals surface area contributed by atoms with Crippen molar-refractivity contribution in [2.75, 3.05) is 0 Å². The third-order valence-electron chi connectivity index (χ3n) is 4.96. The molecular formula is C15H23NO4. The van der Waals surface area contributed by atoms with E-state index in [0.29, 0.717) is 31.1 Å². The molecule has 1 heterocycles. The lowest BCUT2D eigenvalue weighted by atomic mass is 9.64. The topological polar surface area (TPSA) is 83.5 Å². The van der Waals surface area contributed by atoms with Crippen molar-refractivity contribution in [1.29, 1.82) is 0 Å². The van der Waals surface area contributed by atoms with Gasteiger partial charge in [0.25, 0.3) is 0 Å². The predicted molar refractivity (Wildman–Crippen MR) is 72.6 cm³/mol. The van der Waals surface area contributed by atoms with E-state index in [1.54, 1.807) is 0 Å². The molecule has 112 valence electrons. The van der Waals surface area contributed by atoms with Crippen molar-refractivity contribution in [2.24, 2.45) is 23.7 Å². The number of amides is 2. The maximum Gasteiger partial charge on any atom is 0.229 e. The Morgan fingerprint density at radius 3 is 2.35 bits per heavy atom. The molecule has 5 heteroatoms. The summed E-state index contributed by atoms with van der Waals surface area (Å²) in [6.45, 7) is 4.19. The summed E-state index contributed by atoms with van der Waals surface area (Å²) in [6.07, 6.45) is 1.04. The van der Waals surface area contributed by atoms with E-state index in [2.05, 4.69) is 19.2 Å². The standard InChI is InChI=1S/C15H23NO4/c1-8-5-13(18)12-7-15(20)16-14(19)6-10(17)3-4-11(12)9(8)2/h8-12,17H,3-7H2,1-2H3,(H,16,19,20). The van der Waals surface area contributed by atoms with Crippen molar-refractivity contribution < 1.29 is 19.5 Å². The molecule has 2 aliphatic rings. The summed E-state index contributed by atoms with van der Waals surface area (Å²) < 4.78 is 0. The van der Waals surface area contributed by atoms with Gasteiger partial charge in [0.15, 0.2) is 0 Å². The van der Waals surface area contributed by atoms with Gasteiger partial charge in [-0.15, -0.1) is 0 Å². The number of aliphatic hydroxyl groups is 1. The highest BCUT2D eigenvalue weighted by atomic mass is 16.3. The Bertz CT molecular complexity index is 420. The molecule has 1 aliphatic carbocycles. The summed E-state index contributed by atoms with van der Waals surface area (Å²) in [7, 11) is 0. The molecule has 2 fully saturated rings. The molecule has 0 aromatic rings. The zero-order valence-corrected chi connectivity index (χ0v) is 12.1. The zero-order valence-electron chi connectivity index (χ0n) is 12.1. The van der Waals surface area contributed by atoms with Crippen LogP contribution in [-0.4, -0.2) is 28.8 Å². The number of hydrogen-bond donors (Lipinski definition) is 2. The van der Waals surface area contributed by atoms with Gasteiger partial charge in [-0.2, -0.15) is 0 Å². The number of rotatable bonds is 0. The molecule has 5 atom stereocenters. The second-order valence-electron chi connectivity index (χ2n) is 6.39. The number of carbonyl (C=O) groups is 3. The monoisotopic (exact) mass is 281 g/mol. The van der Waals surface area contributed by atoms with Gasteiger partial charge in [-0.25, -0.2) is 0 Å². The number of fused-ring (bicyclic) bond motifs is 1. The first-order valence-corrected chi connectivity index (χ1v) is 7.42. The number of hydrogen-bond acceptors (Lipinski definition) is 4. The van der Waals surface area contributed by atoms with Crippen molar-refractivity contribution in [2.45, 2.75) is 52.1 Å². The first kappa shape index (κ1) is 15.2. The Hall–Kier alpha value is -1.23. The highest BCUT2D eigenvalue weighted by molar-refractivity contribution is 5.97. The van der Waals surface area contributed by atoms with E-state index >= 15 is 0 Å². The Labute approximate surface area is 119 Å². The van der Waals surface area contributed by atoms with Crippen LogP contribution in [0.2, 0.25) is 0 Å². The van der Waals surface area contributed by atoms with Crippen LogP contribution < -0.4 is 5.32 Å². The Kier molecular flexibility index (Phi) is 4.58. The number of imide groups is 1. The first-order chi connectivity index (χ1) is 9.38. The van der Waals surface area contributed by atoms with Gasteiger partial charge in [0.1, 0.15) is 5.78 Å². The maximum absolute atomic E-state index is 12.2. The predicted octanol–water partition coefficient (Wildman–Crippen LogP) is 1.04. The lowest BCUT2D eigenvalue weighted by Gasteiger charge is -2.40. The summed E-state index contributed by atoms with van der Waals surface area (Å²) in [5, 5.41) is 12.1. The molecule has 0 spiro atoms. The molecule has 1 saturated heterocycles. The van der Waals surface area contributed by atoms with Gasteiger partial charge >= 0.3 is 0 Å². The molecule has 0 aromatic heterocycles. The molecule has 2 N–H and O–H groups in total. The van der Waals surface area contributed by atoms with Crippen molar-refractivity contribution in [3.8, 4) is 0 Å². The normalized spacial score (nSPS) is 40.0.